The van der Waals surface area contributed by atoms with Gasteiger partial charge in [0.15, 0.2) is 0 Å². The lowest BCUT2D eigenvalue weighted by Crippen LogP contribution is -2.37. The van der Waals surface area contributed by atoms with Crippen molar-refractivity contribution in [1.29, 1.82) is 5.26 Å². The fourth-order valence-corrected chi connectivity index (χ4v) is 3.47. The summed E-state index contributed by atoms with van der Waals surface area (Å²) in [6.45, 7) is 3.66. The average molecular weight is 304 g/mol. The van der Waals surface area contributed by atoms with Gasteiger partial charge in [0.25, 0.3) is 0 Å². The summed E-state index contributed by atoms with van der Waals surface area (Å²) >= 11 is 1.69. The summed E-state index contributed by atoms with van der Waals surface area (Å²) in [5, 5.41) is 9.47. The normalized spacial score (nSPS) is 15.6. The van der Waals surface area contributed by atoms with Gasteiger partial charge in [-0.25, -0.2) is 0 Å². The maximum Gasteiger partial charge on any atom is 0.308 e. The maximum absolute atomic E-state index is 11.6. The number of anilines is 1. The Morgan fingerprint density at radius 1 is 1.48 bits per heavy atom. The van der Waals surface area contributed by atoms with E-state index in [-0.39, 0.29) is 11.9 Å². The molecule has 1 fully saturated rings. The molecule has 4 nitrogen and oxygen atoms in total. The van der Waals surface area contributed by atoms with E-state index >= 15 is 0 Å². The number of piperidine rings is 1. The van der Waals surface area contributed by atoms with Crippen LogP contribution in [0, 0.1) is 17.2 Å². The summed E-state index contributed by atoms with van der Waals surface area (Å²) in [7, 11) is 1.44. The predicted molar refractivity (Wildman–Crippen MR) is 84.5 cm³/mol. The number of methoxy groups -OCH3 is 1. The molecule has 0 aliphatic carbocycles. The molecule has 0 spiro atoms. The molecular weight excluding hydrogens is 284 g/mol. The average Bonchev–Trinajstić information content (AvgIpc) is 2.54. The lowest BCUT2D eigenvalue weighted by atomic mass is 9.96. The van der Waals surface area contributed by atoms with E-state index in [1.807, 2.05) is 18.2 Å². The molecule has 21 heavy (non-hydrogen) atoms. The lowest BCUT2D eigenvalue weighted by molar-refractivity contribution is -0.146. The third-order valence-corrected chi connectivity index (χ3v) is 4.73. The number of benzene rings is 1. The summed E-state index contributed by atoms with van der Waals surface area (Å²) in [6.07, 6.45) is 1.56. The van der Waals surface area contributed by atoms with Crippen LogP contribution in [0.25, 0.3) is 0 Å². The van der Waals surface area contributed by atoms with E-state index in [0.717, 1.165) is 47.8 Å². The number of hydrogen-bond acceptors (Lipinski definition) is 5. The molecule has 0 bridgehead atoms. The van der Waals surface area contributed by atoms with Gasteiger partial charge in [0, 0.05) is 18.0 Å². The van der Waals surface area contributed by atoms with E-state index in [0.29, 0.717) is 0 Å². The van der Waals surface area contributed by atoms with Crippen molar-refractivity contribution in [3.8, 4) is 6.07 Å². The Bertz CT molecular complexity index is 546. The summed E-state index contributed by atoms with van der Waals surface area (Å²) in [5.74, 6) is 0.818. The molecule has 0 radical (unpaired) electrons. The van der Waals surface area contributed by atoms with E-state index in [9.17, 15) is 10.1 Å². The zero-order valence-corrected chi connectivity index (χ0v) is 13.3. The monoisotopic (exact) mass is 304 g/mol. The van der Waals surface area contributed by atoms with Crippen LogP contribution >= 0.6 is 11.8 Å². The number of thioether (sulfide) groups is 1. The Morgan fingerprint density at radius 3 is 2.76 bits per heavy atom. The highest BCUT2D eigenvalue weighted by atomic mass is 32.2. The minimum atomic E-state index is -0.120. The number of nitriles is 1. The van der Waals surface area contributed by atoms with Crippen LogP contribution in [0.2, 0.25) is 0 Å². The molecule has 0 unspecified atom stereocenters. The third kappa shape index (κ3) is 3.51. The zero-order chi connectivity index (χ0) is 15.2. The topological polar surface area (TPSA) is 53.3 Å². The van der Waals surface area contributed by atoms with E-state index in [1.54, 1.807) is 11.8 Å². The van der Waals surface area contributed by atoms with Crippen LogP contribution < -0.4 is 4.90 Å². The fraction of sp³-hybridized carbons (Fsp3) is 0.500. The summed E-state index contributed by atoms with van der Waals surface area (Å²) < 4.78 is 4.81. The minimum absolute atomic E-state index is 0.00927. The van der Waals surface area contributed by atoms with Crippen LogP contribution in [0.3, 0.4) is 0 Å². The number of nitrogens with zero attached hydrogens (tertiary/aromatic N) is 2. The van der Waals surface area contributed by atoms with Crippen molar-refractivity contribution in [3.63, 3.8) is 0 Å². The summed E-state index contributed by atoms with van der Waals surface area (Å²) in [4.78, 5) is 14.8. The molecule has 0 amide bonds. The first-order valence-electron chi connectivity index (χ1n) is 7.20. The number of hydrogen-bond donors (Lipinski definition) is 0. The fourth-order valence-electron chi connectivity index (χ4n) is 2.69. The first-order valence-corrected chi connectivity index (χ1v) is 8.18. The number of rotatable bonds is 4. The van der Waals surface area contributed by atoms with Crippen molar-refractivity contribution >= 4 is 23.4 Å². The highest BCUT2D eigenvalue weighted by Crippen LogP contribution is 2.32. The second kappa shape index (κ2) is 7.37. The van der Waals surface area contributed by atoms with E-state index in [4.69, 9.17) is 4.74 Å². The number of carbonyl (C=O) groups excluding carboxylic acids is 1. The van der Waals surface area contributed by atoms with Crippen molar-refractivity contribution in [2.24, 2.45) is 5.92 Å². The second-order valence-electron chi connectivity index (χ2n) is 4.98. The molecule has 0 saturated carbocycles. The molecule has 0 N–H and O–H groups in total. The van der Waals surface area contributed by atoms with Gasteiger partial charge in [0.05, 0.1) is 24.3 Å². The smallest absolute Gasteiger partial charge is 0.308 e. The van der Waals surface area contributed by atoms with Gasteiger partial charge in [-0.3, -0.25) is 4.79 Å². The maximum atomic E-state index is 11.6. The van der Waals surface area contributed by atoms with Gasteiger partial charge in [-0.1, -0.05) is 13.0 Å². The van der Waals surface area contributed by atoms with Gasteiger partial charge in [-0.05, 0) is 30.7 Å². The molecule has 5 heteroatoms. The molecule has 1 aliphatic rings. The molecular formula is C16H20N2O2S. The third-order valence-electron chi connectivity index (χ3n) is 3.79. The molecule has 0 atom stereocenters. The van der Waals surface area contributed by atoms with Crippen LogP contribution in [0.4, 0.5) is 5.69 Å². The highest BCUT2D eigenvalue weighted by molar-refractivity contribution is 7.99. The Morgan fingerprint density at radius 2 is 2.19 bits per heavy atom. The molecule has 1 heterocycles. The lowest BCUT2D eigenvalue weighted by Gasteiger charge is -2.33. The van der Waals surface area contributed by atoms with Gasteiger partial charge in [-0.2, -0.15) is 5.26 Å². The van der Waals surface area contributed by atoms with Crippen molar-refractivity contribution in [1.82, 2.24) is 0 Å². The highest BCUT2D eigenvalue weighted by Gasteiger charge is 2.27. The molecule has 1 aliphatic heterocycles. The first-order chi connectivity index (χ1) is 10.2. The molecule has 2 rings (SSSR count). The Hall–Kier alpha value is -1.67. The van der Waals surface area contributed by atoms with Gasteiger partial charge in [0.2, 0.25) is 0 Å². The molecule has 1 aromatic rings. The van der Waals surface area contributed by atoms with Gasteiger partial charge >= 0.3 is 5.97 Å². The van der Waals surface area contributed by atoms with Gasteiger partial charge < -0.3 is 9.64 Å². The van der Waals surface area contributed by atoms with E-state index in [2.05, 4.69) is 17.9 Å². The van der Waals surface area contributed by atoms with Crippen molar-refractivity contribution < 1.29 is 9.53 Å². The van der Waals surface area contributed by atoms with Gasteiger partial charge in [0.1, 0.15) is 6.07 Å². The summed E-state index contributed by atoms with van der Waals surface area (Å²) in [6, 6.07) is 8.33. The number of esters is 1. The standard InChI is InChI=1S/C16H20N2O2S/c1-3-21-15-6-4-5-14(13(15)11-17)18-9-7-12(8-10-18)16(19)20-2/h4-6,12H,3,7-10H2,1-2H3. The van der Waals surface area contributed by atoms with Crippen molar-refractivity contribution in [3.05, 3.63) is 23.8 Å². The van der Waals surface area contributed by atoms with E-state index in [1.165, 1.54) is 7.11 Å². The van der Waals surface area contributed by atoms with Crippen LogP contribution in [-0.2, 0) is 9.53 Å². The van der Waals surface area contributed by atoms with E-state index < -0.39 is 0 Å². The largest absolute Gasteiger partial charge is 0.469 e. The Labute approximate surface area is 130 Å². The second-order valence-corrected chi connectivity index (χ2v) is 6.29. The van der Waals surface area contributed by atoms with Gasteiger partial charge in [-0.15, -0.1) is 11.8 Å². The molecule has 0 aromatic heterocycles. The molecule has 112 valence electrons. The zero-order valence-electron chi connectivity index (χ0n) is 12.5. The minimum Gasteiger partial charge on any atom is -0.469 e. The predicted octanol–water partition coefficient (Wildman–Crippen LogP) is 3.06. The Balaban J connectivity index is 2.15. The van der Waals surface area contributed by atoms with Crippen LogP contribution in [-0.4, -0.2) is 31.9 Å². The first kappa shape index (κ1) is 15.7. The van der Waals surface area contributed by atoms with Crippen LogP contribution in [0.1, 0.15) is 25.3 Å². The van der Waals surface area contributed by atoms with Crippen molar-refractivity contribution in [2.45, 2.75) is 24.7 Å². The summed E-state index contributed by atoms with van der Waals surface area (Å²) in [5.41, 5.74) is 1.74. The quantitative estimate of drug-likeness (QED) is 0.632. The van der Waals surface area contributed by atoms with Crippen LogP contribution in [0.5, 0.6) is 0 Å². The molecule has 1 aromatic carbocycles. The van der Waals surface area contributed by atoms with Crippen LogP contribution in [0.15, 0.2) is 23.1 Å². The molecule has 1 saturated heterocycles. The SMILES string of the molecule is CCSc1cccc(N2CCC(C(=O)OC)CC2)c1C#N. The number of carbonyl (C=O) groups is 1. The van der Waals surface area contributed by atoms with Crippen molar-refractivity contribution in [2.75, 3.05) is 30.9 Å². The number of ether oxygens (including phenoxy) is 1. The Kier molecular flexibility index (Phi) is 5.51.